The molecule has 1 N–H and O–H groups in total. The number of hydrogen-bond acceptors (Lipinski definition) is 5. The lowest BCUT2D eigenvalue weighted by Crippen LogP contribution is -2.02. The molecule has 118 valence electrons. The molecule has 6 heteroatoms. The highest BCUT2D eigenvalue weighted by atomic mass is 32.2. The van der Waals surface area contributed by atoms with Crippen molar-refractivity contribution in [2.75, 3.05) is 13.4 Å². The van der Waals surface area contributed by atoms with Gasteiger partial charge in [0.2, 0.25) is 0 Å². The number of aliphatic hydroxyl groups is 1. The number of benzene rings is 1. The number of ether oxygens (including phenoxy) is 1. The third kappa shape index (κ3) is 3.23. The number of aliphatic hydroxyl groups excluding tert-OH is 1. The molecule has 1 heterocycles. The molecule has 0 saturated carbocycles. The van der Waals surface area contributed by atoms with Crippen molar-refractivity contribution in [3.8, 4) is 16.9 Å². The first-order valence-electron chi connectivity index (χ1n) is 6.90. The molecule has 1 aromatic carbocycles. The normalized spacial score (nSPS) is 11.0. The average molecular weight is 322 g/mol. The average Bonchev–Trinajstić information content (AvgIpc) is 2.53. The lowest BCUT2D eigenvalue weighted by molar-refractivity contribution is 0.276. The fourth-order valence-electron chi connectivity index (χ4n) is 2.24. The Morgan fingerprint density at radius 2 is 2.05 bits per heavy atom. The Hall–Kier alpha value is -1.66. The summed E-state index contributed by atoms with van der Waals surface area (Å²) < 4.78 is 19.4. The fourth-order valence-corrected chi connectivity index (χ4v) is 2.60. The van der Waals surface area contributed by atoms with Crippen molar-refractivity contribution >= 4 is 11.8 Å². The molecule has 0 fully saturated rings. The number of methoxy groups -OCH3 is 1. The lowest BCUT2D eigenvalue weighted by Gasteiger charge is -2.16. The Kier molecular flexibility index (Phi) is 5.37. The van der Waals surface area contributed by atoms with Crippen LogP contribution in [0, 0.1) is 5.82 Å². The molecule has 0 atom stereocenters. The summed E-state index contributed by atoms with van der Waals surface area (Å²) in [5, 5.41) is 10.2. The lowest BCUT2D eigenvalue weighted by atomic mass is 9.96. The minimum absolute atomic E-state index is 0.0358. The maximum Gasteiger partial charge on any atom is 0.187 e. The van der Waals surface area contributed by atoms with Gasteiger partial charge in [-0.3, -0.25) is 0 Å². The zero-order valence-corrected chi connectivity index (χ0v) is 13.9. The van der Waals surface area contributed by atoms with Gasteiger partial charge in [-0.1, -0.05) is 25.6 Å². The SMILES string of the molecule is COc1cc(F)c(C(C)C)cc1-c1cnc(SC)nc1CO. The van der Waals surface area contributed by atoms with Crippen LogP contribution in [0.1, 0.15) is 31.0 Å². The number of nitrogens with zero attached hydrogens (tertiary/aromatic N) is 2. The van der Waals surface area contributed by atoms with Crippen LogP contribution in [0.3, 0.4) is 0 Å². The summed E-state index contributed by atoms with van der Waals surface area (Å²) in [6, 6.07) is 3.11. The van der Waals surface area contributed by atoms with E-state index in [0.717, 1.165) is 0 Å². The van der Waals surface area contributed by atoms with Crippen LogP contribution in [0.15, 0.2) is 23.5 Å². The van der Waals surface area contributed by atoms with Crippen molar-refractivity contribution in [1.29, 1.82) is 0 Å². The molecule has 0 radical (unpaired) electrons. The van der Waals surface area contributed by atoms with Gasteiger partial charge in [0.1, 0.15) is 11.6 Å². The first-order valence-corrected chi connectivity index (χ1v) is 8.12. The van der Waals surface area contributed by atoms with Crippen LogP contribution in [0.25, 0.3) is 11.1 Å². The van der Waals surface area contributed by atoms with Gasteiger partial charge in [-0.05, 0) is 23.8 Å². The molecule has 0 aliphatic heterocycles. The van der Waals surface area contributed by atoms with Crippen molar-refractivity contribution in [2.24, 2.45) is 0 Å². The molecule has 22 heavy (non-hydrogen) atoms. The van der Waals surface area contributed by atoms with Gasteiger partial charge in [0, 0.05) is 23.4 Å². The Labute approximate surface area is 133 Å². The monoisotopic (exact) mass is 322 g/mol. The van der Waals surface area contributed by atoms with E-state index in [1.54, 1.807) is 12.3 Å². The Morgan fingerprint density at radius 3 is 2.59 bits per heavy atom. The summed E-state index contributed by atoms with van der Waals surface area (Å²) in [5.74, 6) is 0.133. The Bertz CT molecular complexity index is 677. The van der Waals surface area contributed by atoms with E-state index >= 15 is 0 Å². The van der Waals surface area contributed by atoms with Gasteiger partial charge in [0.25, 0.3) is 0 Å². The second-order valence-corrected chi connectivity index (χ2v) is 5.88. The first kappa shape index (κ1) is 16.7. The minimum atomic E-state index is -0.303. The Balaban J connectivity index is 2.67. The van der Waals surface area contributed by atoms with Crippen LogP contribution in [-0.4, -0.2) is 28.4 Å². The van der Waals surface area contributed by atoms with Gasteiger partial charge in [-0.25, -0.2) is 14.4 Å². The summed E-state index contributed by atoms with van der Waals surface area (Å²) in [6.07, 6.45) is 3.51. The largest absolute Gasteiger partial charge is 0.496 e. The van der Waals surface area contributed by atoms with Crippen LogP contribution < -0.4 is 4.74 Å². The Morgan fingerprint density at radius 1 is 1.32 bits per heavy atom. The van der Waals surface area contributed by atoms with Crippen LogP contribution in [0.5, 0.6) is 5.75 Å². The van der Waals surface area contributed by atoms with Gasteiger partial charge in [0.05, 0.1) is 19.4 Å². The quantitative estimate of drug-likeness (QED) is 0.673. The fraction of sp³-hybridized carbons (Fsp3) is 0.375. The highest BCUT2D eigenvalue weighted by Gasteiger charge is 2.18. The maximum atomic E-state index is 14.1. The van der Waals surface area contributed by atoms with Crippen LogP contribution >= 0.6 is 11.8 Å². The van der Waals surface area contributed by atoms with E-state index < -0.39 is 0 Å². The second-order valence-electron chi connectivity index (χ2n) is 5.10. The summed E-state index contributed by atoms with van der Waals surface area (Å²) >= 11 is 1.40. The first-order chi connectivity index (χ1) is 10.5. The van der Waals surface area contributed by atoms with E-state index in [1.807, 2.05) is 20.1 Å². The number of halogens is 1. The van der Waals surface area contributed by atoms with Crippen molar-refractivity contribution in [2.45, 2.75) is 31.5 Å². The number of thioether (sulfide) groups is 1. The zero-order valence-electron chi connectivity index (χ0n) is 13.1. The zero-order chi connectivity index (χ0) is 16.3. The van der Waals surface area contributed by atoms with E-state index in [4.69, 9.17) is 4.74 Å². The second kappa shape index (κ2) is 7.07. The van der Waals surface area contributed by atoms with Gasteiger partial charge >= 0.3 is 0 Å². The van der Waals surface area contributed by atoms with E-state index in [2.05, 4.69) is 9.97 Å². The van der Waals surface area contributed by atoms with Crippen molar-refractivity contribution < 1.29 is 14.2 Å². The molecule has 0 bridgehead atoms. The highest BCUT2D eigenvalue weighted by Crippen LogP contribution is 2.36. The third-order valence-corrected chi connectivity index (χ3v) is 3.97. The minimum Gasteiger partial charge on any atom is -0.496 e. The smallest absolute Gasteiger partial charge is 0.187 e. The highest BCUT2D eigenvalue weighted by molar-refractivity contribution is 7.98. The van der Waals surface area contributed by atoms with Crippen molar-refractivity contribution in [1.82, 2.24) is 9.97 Å². The predicted molar refractivity (Wildman–Crippen MR) is 85.8 cm³/mol. The van der Waals surface area contributed by atoms with Crippen molar-refractivity contribution in [3.05, 3.63) is 35.4 Å². The molecule has 1 aromatic heterocycles. The third-order valence-electron chi connectivity index (χ3n) is 3.41. The van der Waals surface area contributed by atoms with Gasteiger partial charge < -0.3 is 9.84 Å². The van der Waals surface area contributed by atoms with E-state index in [0.29, 0.717) is 33.3 Å². The maximum absolute atomic E-state index is 14.1. The molecule has 0 aliphatic carbocycles. The molecular formula is C16H19FN2O2S. The van der Waals surface area contributed by atoms with E-state index in [9.17, 15) is 9.50 Å². The number of rotatable bonds is 5. The molecule has 2 aromatic rings. The standard InChI is InChI=1S/C16H19FN2O2S/c1-9(2)10-5-11(15(21-3)6-13(10)17)12-7-18-16(22-4)19-14(12)8-20/h5-7,9,20H,8H2,1-4H3. The number of hydrogen-bond donors (Lipinski definition) is 1. The summed E-state index contributed by atoms with van der Waals surface area (Å²) in [6.45, 7) is 3.63. The molecule has 2 rings (SSSR count). The number of aromatic nitrogens is 2. The predicted octanol–water partition coefficient (Wildman–Crippen LogP) is 3.63. The van der Waals surface area contributed by atoms with Gasteiger partial charge in [-0.2, -0.15) is 0 Å². The summed E-state index contributed by atoms with van der Waals surface area (Å²) in [4.78, 5) is 8.56. The topological polar surface area (TPSA) is 55.2 Å². The van der Waals surface area contributed by atoms with Crippen LogP contribution in [0.2, 0.25) is 0 Å². The van der Waals surface area contributed by atoms with Crippen LogP contribution in [0.4, 0.5) is 4.39 Å². The summed E-state index contributed by atoms with van der Waals surface area (Å²) in [5.41, 5.74) is 2.43. The molecule has 0 spiro atoms. The van der Waals surface area contributed by atoms with Crippen LogP contribution in [-0.2, 0) is 6.61 Å². The molecule has 0 saturated heterocycles. The molecule has 4 nitrogen and oxygen atoms in total. The van der Waals surface area contributed by atoms with E-state index in [-0.39, 0.29) is 18.3 Å². The van der Waals surface area contributed by atoms with E-state index in [1.165, 1.54) is 24.9 Å². The van der Waals surface area contributed by atoms with Crippen molar-refractivity contribution in [3.63, 3.8) is 0 Å². The molecule has 0 amide bonds. The molecule has 0 aliphatic rings. The van der Waals surface area contributed by atoms with Gasteiger partial charge in [-0.15, -0.1) is 0 Å². The summed E-state index contributed by atoms with van der Waals surface area (Å²) in [7, 11) is 1.49. The molecular weight excluding hydrogens is 303 g/mol. The molecule has 0 unspecified atom stereocenters. The van der Waals surface area contributed by atoms with Gasteiger partial charge in [0.15, 0.2) is 5.16 Å².